The van der Waals surface area contributed by atoms with Crippen molar-refractivity contribution in [1.29, 1.82) is 0 Å². The molecule has 2 bridgehead atoms. The highest BCUT2D eigenvalue weighted by molar-refractivity contribution is 5.66. The van der Waals surface area contributed by atoms with Gasteiger partial charge in [0.05, 0.1) is 6.10 Å². The molecule has 4 nitrogen and oxygen atoms in total. The van der Waals surface area contributed by atoms with Crippen molar-refractivity contribution in [3.05, 3.63) is 12.2 Å². The number of unbranched alkanes of at least 4 members (excludes halogenated alkanes) is 3. The SMILES string of the molecule is CCCCCC(O)CN[C@H]1C[C@H]2C[C@@H]([C@@H]1C/C=C\CCCC(=O)O)C2(C)C. The van der Waals surface area contributed by atoms with Gasteiger partial charge < -0.3 is 15.5 Å². The molecule has 0 aromatic carbocycles. The highest BCUT2D eigenvalue weighted by atomic mass is 16.4. The Bertz CT molecular complexity index is 488. The average molecular weight is 380 g/mol. The number of fused-ring (bicyclic) bond motifs is 2. The predicted molar refractivity (Wildman–Crippen MR) is 111 cm³/mol. The Kier molecular flexibility index (Phi) is 8.81. The normalized spacial score (nSPS) is 30.2. The number of nitrogens with one attached hydrogen (secondary N) is 1. The molecule has 0 heterocycles. The molecule has 0 saturated heterocycles. The summed E-state index contributed by atoms with van der Waals surface area (Å²) in [5, 5.41) is 22.7. The second kappa shape index (κ2) is 10.6. The molecule has 3 rings (SSSR count). The van der Waals surface area contributed by atoms with Gasteiger partial charge in [0.15, 0.2) is 0 Å². The van der Waals surface area contributed by atoms with Gasteiger partial charge in [-0.3, -0.25) is 4.79 Å². The third-order valence-electron chi connectivity index (χ3n) is 7.21. The Labute approximate surface area is 165 Å². The lowest BCUT2D eigenvalue weighted by atomic mass is 9.44. The smallest absolute Gasteiger partial charge is 0.303 e. The third kappa shape index (κ3) is 6.32. The summed E-state index contributed by atoms with van der Waals surface area (Å²) in [7, 11) is 0. The first kappa shape index (κ1) is 22.4. The number of carboxylic acid groups (broad SMARTS) is 1. The Morgan fingerprint density at radius 3 is 2.67 bits per heavy atom. The molecule has 5 atom stereocenters. The minimum Gasteiger partial charge on any atom is -0.481 e. The summed E-state index contributed by atoms with van der Waals surface area (Å²) in [6, 6.07) is 0.506. The lowest BCUT2D eigenvalue weighted by molar-refractivity contribution is -0.137. The number of rotatable bonds is 13. The number of carbonyl (C=O) groups is 1. The van der Waals surface area contributed by atoms with Crippen LogP contribution in [0.15, 0.2) is 12.2 Å². The fourth-order valence-corrected chi connectivity index (χ4v) is 5.27. The van der Waals surface area contributed by atoms with E-state index in [1.807, 2.05) is 0 Å². The highest BCUT2D eigenvalue weighted by Crippen LogP contribution is 2.62. The van der Waals surface area contributed by atoms with Crippen molar-refractivity contribution < 1.29 is 15.0 Å². The summed E-state index contributed by atoms with van der Waals surface area (Å²) in [6.45, 7) is 7.75. The minimum absolute atomic E-state index is 0.227. The second-order valence-electron chi connectivity index (χ2n) is 9.42. The zero-order valence-electron chi connectivity index (χ0n) is 17.6. The third-order valence-corrected chi connectivity index (χ3v) is 7.21. The van der Waals surface area contributed by atoms with Crippen LogP contribution in [0.2, 0.25) is 0 Å². The van der Waals surface area contributed by atoms with E-state index in [9.17, 15) is 9.90 Å². The molecular formula is C23H41NO3. The van der Waals surface area contributed by atoms with Gasteiger partial charge in [-0.1, -0.05) is 52.2 Å². The van der Waals surface area contributed by atoms with E-state index in [0.717, 1.165) is 43.9 Å². The molecule has 0 aliphatic heterocycles. The summed E-state index contributed by atoms with van der Waals surface area (Å²) < 4.78 is 0. The van der Waals surface area contributed by atoms with E-state index in [1.54, 1.807) is 0 Å². The molecule has 0 amide bonds. The summed E-state index contributed by atoms with van der Waals surface area (Å²) in [4.78, 5) is 10.6. The first-order valence-corrected chi connectivity index (χ1v) is 11.1. The lowest BCUT2D eigenvalue weighted by Crippen LogP contribution is -2.61. The fraction of sp³-hybridized carbons (Fsp3) is 0.870. The topological polar surface area (TPSA) is 69.6 Å². The van der Waals surface area contributed by atoms with Crippen LogP contribution in [-0.2, 0) is 4.79 Å². The van der Waals surface area contributed by atoms with E-state index >= 15 is 0 Å². The zero-order chi connectivity index (χ0) is 19.9. The number of aliphatic hydroxyl groups excluding tert-OH is 1. The van der Waals surface area contributed by atoms with Gasteiger partial charge in [-0.25, -0.2) is 0 Å². The van der Waals surface area contributed by atoms with Gasteiger partial charge in [-0.2, -0.15) is 0 Å². The number of allylic oxidation sites excluding steroid dienone is 2. The lowest BCUT2D eigenvalue weighted by Gasteiger charge is -2.63. The van der Waals surface area contributed by atoms with Gasteiger partial charge in [-0.05, 0) is 61.7 Å². The van der Waals surface area contributed by atoms with Crippen LogP contribution >= 0.6 is 0 Å². The summed E-state index contributed by atoms with van der Waals surface area (Å²) in [5.74, 6) is 1.49. The molecule has 156 valence electrons. The molecule has 4 heteroatoms. The van der Waals surface area contributed by atoms with E-state index in [0.29, 0.717) is 23.9 Å². The van der Waals surface area contributed by atoms with Gasteiger partial charge in [0.1, 0.15) is 0 Å². The number of aliphatic hydroxyl groups is 1. The standard InChI is InChI=1S/C23H41NO3/c1-4-5-8-11-18(25)16-24-21-15-17-14-20(23(17,2)3)19(21)12-9-6-7-10-13-22(26)27/h6,9,17-21,24-25H,4-5,7-8,10-16H2,1-3H3,(H,26,27)/b9-6-/t17-,18?,19+,20+,21+/m1/s1. The molecule has 3 N–H and O–H groups in total. The van der Waals surface area contributed by atoms with Crippen LogP contribution < -0.4 is 5.32 Å². The predicted octanol–water partition coefficient (Wildman–Crippen LogP) is 4.77. The molecule has 0 radical (unpaired) electrons. The molecule has 0 aromatic heterocycles. The van der Waals surface area contributed by atoms with Crippen LogP contribution in [0, 0.1) is 23.2 Å². The maximum Gasteiger partial charge on any atom is 0.303 e. The van der Waals surface area contributed by atoms with Crippen LogP contribution in [-0.4, -0.2) is 34.9 Å². The van der Waals surface area contributed by atoms with Crippen LogP contribution in [0.1, 0.15) is 85.0 Å². The largest absolute Gasteiger partial charge is 0.481 e. The number of carboxylic acids is 1. The van der Waals surface area contributed by atoms with E-state index < -0.39 is 5.97 Å². The quantitative estimate of drug-likeness (QED) is 0.318. The molecule has 3 aliphatic carbocycles. The first-order chi connectivity index (χ1) is 12.9. The summed E-state index contributed by atoms with van der Waals surface area (Å²) in [5.41, 5.74) is 0.444. The van der Waals surface area contributed by atoms with E-state index in [-0.39, 0.29) is 12.5 Å². The van der Waals surface area contributed by atoms with Gasteiger partial charge in [0.25, 0.3) is 0 Å². The second-order valence-corrected chi connectivity index (χ2v) is 9.42. The Morgan fingerprint density at radius 2 is 2.00 bits per heavy atom. The maximum atomic E-state index is 10.6. The van der Waals surface area contributed by atoms with Crippen molar-refractivity contribution in [1.82, 2.24) is 5.32 Å². The summed E-state index contributed by atoms with van der Waals surface area (Å²) in [6.07, 6.45) is 14.1. The van der Waals surface area contributed by atoms with Crippen molar-refractivity contribution in [3.8, 4) is 0 Å². The molecule has 3 fully saturated rings. The van der Waals surface area contributed by atoms with Crippen molar-refractivity contribution in [2.24, 2.45) is 23.2 Å². The molecule has 3 saturated carbocycles. The van der Waals surface area contributed by atoms with Gasteiger partial charge in [0, 0.05) is 19.0 Å². The van der Waals surface area contributed by atoms with Crippen molar-refractivity contribution >= 4 is 5.97 Å². The van der Waals surface area contributed by atoms with Crippen molar-refractivity contribution in [3.63, 3.8) is 0 Å². The van der Waals surface area contributed by atoms with Gasteiger partial charge >= 0.3 is 5.97 Å². The van der Waals surface area contributed by atoms with E-state index in [1.165, 1.54) is 25.7 Å². The monoisotopic (exact) mass is 379 g/mol. The van der Waals surface area contributed by atoms with Gasteiger partial charge in [0.2, 0.25) is 0 Å². The molecule has 3 aliphatic rings. The first-order valence-electron chi connectivity index (χ1n) is 11.1. The van der Waals surface area contributed by atoms with Crippen LogP contribution in [0.3, 0.4) is 0 Å². The van der Waals surface area contributed by atoms with Crippen LogP contribution in [0.4, 0.5) is 0 Å². The summed E-state index contributed by atoms with van der Waals surface area (Å²) >= 11 is 0. The van der Waals surface area contributed by atoms with Crippen LogP contribution in [0.25, 0.3) is 0 Å². The number of hydrogen-bond acceptors (Lipinski definition) is 3. The molecular weight excluding hydrogens is 338 g/mol. The fourth-order valence-electron chi connectivity index (χ4n) is 5.27. The Hall–Kier alpha value is -0.870. The molecule has 27 heavy (non-hydrogen) atoms. The maximum absolute atomic E-state index is 10.6. The Balaban J connectivity index is 1.81. The number of aliphatic carboxylic acids is 1. The van der Waals surface area contributed by atoms with E-state index in [4.69, 9.17) is 5.11 Å². The van der Waals surface area contributed by atoms with Crippen molar-refractivity contribution in [2.45, 2.75) is 97.1 Å². The molecule has 0 spiro atoms. The van der Waals surface area contributed by atoms with Gasteiger partial charge in [-0.15, -0.1) is 0 Å². The molecule has 1 unspecified atom stereocenters. The van der Waals surface area contributed by atoms with E-state index in [2.05, 4.69) is 38.2 Å². The van der Waals surface area contributed by atoms with Crippen LogP contribution in [0.5, 0.6) is 0 Å². The average Bonchev–Trinajstić information content (AvgIpc) is 2.62. The minimum atomic E-state index is -0.709. The highest BCUT2D eigenvalue weighted by Gasteiger charge is 2.56. The molecule has 0 aromatic rings. The van der Waals surface area contributed by atoms with Crippen molar-refractivity contribution in [2.75, 3.05) is 6.54 Å². The Morgan fingerprint density at radius 1 is 1.22 bits per heavy atom. The zero-order valence-corrected chi connectivity index (χ0v) is 17.6. The number of hydrogen-bond donors (Lipinski definition) is 3.